The highest BCUT2D eigenvalue weighted by molar-refractivity contribution is 6.31. The zero-order valence-corrected chi connectivity index (χ0v) is 10.8. The molecule has 0 radical (unpaired) electrons. The van der Waals surface area contributed by atoms with Crippen LogP contribution in [0.4, 0.5) is 20.2 Å². The number of rotatable bonds is 4. The third-order valence-electron chi connectivity index (χ3n) is 2.69. The minimum Gasteiger partial charge on any atom is -0.373 e. The van der Waals surface area contributed by atoms with Crippen LogP contribution in [0.25, 0.3) is 0 Å². The van der Waals surface area contributed by atoms with Gasteiger partial charge in [0.1, 0.15) is 11.5 Å². The second kappa shape index (κ2) is 5.83. The first-order valence-corrected chi connectivity index (χ1v) is 5.98. The number of benzene rings is 2. The highest BCUT2D eigenvalue weighted by Crippen LogP contribution is 2.28. The van der Waals surface area contributed by atoms with Crippen molar-refractivity contribution in [2.45, 2.75) is 6.54 Å². The molecule has 0 fully saturated rings. The van der Waals surface area contributed by atoms with E-state index in [1.807, 2.05) is 0 Å². The van der Waals surface area contributed by atoms with Gasteiger partial charge in [-0.1, -0.05) is 23.7 Å². The number of nitrogens with zero attached hydrogens (tertiary/aromatic N) is 1. The summed E-state index contributed by atoms with van der Waals surface area (Å²) in [6, 6.07) is 7.60. The van der Waals surface area contributed by atoms with Crippen molar-refractivity contribution in [3.8, 4) is 0 Å². The van der Waals surface area contributed by atoms with Crippen molar-refractivity contribution >= 4 is 23.0 Å². The molecule has 0 unspecified atom stereocenters. The largest absolute Gasteiger partial charge is 0.373 e. The summed E-state index contributed by atoms with van der Waals surface area (Å²) in [6.45, 7) is -0.159. The lowest BCUT2D eigenvalue weighted by Crippen LogP contribution is -2.06. The molecule has 0 saturated carbocycles. The molecule has 0 aliphatic rings. The molecule has 4 nitrogen and oxygen atoms in total. The van der Waals surface area contributed by atoms with Crippen molar-refractivity contribution in [2.75, 3.05) is 5.32 Å². The van der Waals surface area contributed by atoms with E-state index in [1.54, 1.807) is 0 Å². The topological polar surface area (TPSA) is 55.2 Å². The number of hydrogen-bond donors (Lipinski definition) is 1. The zero-order valence-electron chi connectivity index (χ0n) is 10.1. The Labute approximate surface area is 118 Å². The summed E-state index contributed by atoms with van der Waals surface area (Å²) < 4.78 is 27.2. The predicted molar refractivity (Wildman–Crippen MR) is 71.8 cm³/mol. The highest BCUT2D eigenvalue weighted by atomic mass is 35.5. The molecule has 0 saturated heterocycles. The molecule has 7 heteroatoms. The van der Waals surface area contributed by atoms with Crippen molar-refractivity contribution in [2.24, 2.45) is 0 Å². The van der Waals surface area contributed by atoms with Gasteiger partial charge in [-0.3, -0.25) is 10.1 Å². The third kappa shape index (κ3) is 2.85. The molecule has 0 aliphatic carbocycles. The van der Waals surface area contributed by atoms with E-state index in [4.69, 9.17) is 11.6 Å². The Morgan fingerprint density at radius 1 is 1.15 bits per heavy atom. The van der Waals surface area contributed by atoms with Crippen LogP contribution < -0.4 is 5.32 Å². The Kier molecular flexibility index (Phi) is 4.14. The van der Waals surface area contributed by atoms with Crippen LogP contribution in [0.5, 0.6) is 0 Å². The Bertz CT molecular complexity index is 645. The molecule has 1 N–H and O–H groups in total. The molecular formula is C13H9ClF2N2O2. The lowest BCUT2D eigenvalue weighted by molar-refractivity contribution is -0.384. The first-order valence-electron chi connectivity index (χ1n) is 5.60. The van der Waals surface area contributed by atoms with Gasteiger partial charge in [0, 0.05) is 23.2 Å². The van der Waals surface area contributed by atoms with Gasteiger partial charge in [-0.2, -0.15) is 0 Å². The molecule has 0 aliphatic heterocycles. The van der Waals surface area contributed by atoms with Crippen LogP contribution in [-0.2, 0) is 6.54 Å². The van der Waals surface area contributed by atoms with Gasteiger partial charge >= 0.3 is 0 Å². The van der Waals surface area contributed by atoms with Crippen LogP contribution in [0.3, 0.4) is 0 Å². The Hall–Kier alpha value is -2.21. The molecule has 20 heavy (non-hydrogen) atoms. The number of nitrogens with one attached hydrogen (secondary N) is 1. The number of hydrogen-bond acceptors (Lipinski definition) is 3. The highest BCUT2D eigenvalue weighted by Gasteiger charge is 2.18. The van der Waals surface area contributed by atoms with Crippen molar-refractivity contribution in [1.82, 2.24) is 0 Å². The van der Waals surface area contributed by atoms with E-state index in [0.29, 0.717) is 0 Å². The quantitative estimate of drug-likeness (QED) is 0.682. The standard InChI is InChI=1S/C13H9ClF2N2O2/c14-9-3-1-4-10(15)8(9)7-17-13-11(16)5-2-6-12(13)18(19)20/h1-6,17H,7H2. The second-order valence-corrected chi connectivity index (χ2v) is 4.35. The lowest BCUT2D eigenvalue weighted by Gasteiger charge is -2.10. The van der Waals surface area contributed by atoms with E-state index in [9.17, 15) is 18.9 Å². The molecule has 0 bridgehead atoms. The Balaban J connectivity index is 2.30. The molecule has 104 valence electrons. The SMILES string of the molecule is O=[N+]([O-])c1cccc(F)c1NCc1c(F)cccc1Cl. The maximum atomic E-state index is 13.6. The number of halogens is 3. The fraction of sp³-hybridized carbons (Fsp3) is 0.0769. The second-order valence-electron chi connectivity index (χ2n) is 3.94. The predicted octanol–water partition coefficient (Wildman–Crippen LogP) is 4.14. The summed E-state index contributed by atoms with van der Waals surface area (Å²) in [6.07, 6.45) is 0. The van der Waals surface area contributed by atoms with Crippen LogP contribution in [0.1, 0.15) is 5.56 Å². The molecule has 0 aromatic heterocycles. The molecule has 2 aromatic rings. The van der Waals surface area contributed by atoms with E-state index < -0.39 is 22.2 Å². The summed E-state index contributed by atoms with van der Waals surface area (Å²) in [7, 11) is 0. The van der Waals surface area contributed by atoms with Gasteiger partial charge in [0.25, 0.3) is 5.69 Å². The van der Waals surface area contributed by atoms with E-state index >= 15 is 0 Å². The maximum Gasteiger partial charge on any atom is 0.295 e. The summed E-state index contributed by atoms with van der Waals surface area (Å²) >= 11 is 5.83. The van der Waals surface area contributed by atoms with Gasteiger partial charge in [-0.25, -0.2) is 8.78 Å². The Morgan fingerprint density at radius 3 is 2.45 bits per heavy atom. The van der Waals surface area contributed by atoms with Crippen LogP contribution in [0, 0.1) is 21.7 Å². The molecule has 0 atom stereocenters. The number of nitro benzene ring substituents is 1. The monoisotopic (exact) mass is 298 g/mol. The van der Waals surface area contributed by atoms with Crippen molar-refractivity contribution in [3.63, 3.8) is 0 Å². The van der Waals surface area contributed by atoms with Crippen LogP contribution in [0.2, 0.25) is 5.02 Å². The minimum atomic E-state index is -0.785. The van der Waals surface area contributed by atoms with Crippen LogP contribution in [0.15, 0.2) is 36.4 Å². The van der Waals surface area contributed by atoms with Crippen molar-refractivity contribution < 1.29 is 13.7 Å². The first kappa shape index (κ1) is 14.2. The molecule has 2 aromatic carbocycles. The fourth-order valence-electron chi connectivity index (χ4n) is 1.72. The van der Waals surface area contributed by atoms with Gasteiger partial charge in [-0.05, 0) is 18.2 Å². The normalized spacial score (nSPS) is 10.3. The fourth-order valence-corrected chi connectivity index (χ4v) is 1.95. The van der Waals surface area contributed by atoms with E-state index in [1.165, 1.54) is 24.3 Å². The van der Waals surface area contributed by atoms with Crippen molar-refractivity contribution in [1.29, 1.82) is 0 Å². The van der Waals surface area contributed by atoms with E-state index in [0.717, 1.165) is 12.1 Å². The molecule has 0 amide bonds. The molecule has 0 heterocycles. The van der Waals surface area contributed by atoms with Crippen LogP contribution >= 0.6 is 11.6 Å². The minimum absolute atomic E-state index is 0.117. The van der Waals surface area contributed by atoms with Gasteiger partial charge < -0.3 is 5.32 Å². The van der Waals surface area contributed by atoms with Crippen molar-refractivity contribution in [3.05, 3.63) is 68.7 Å². The van der Waals surface area contributed by atoms with Gasteiger partial charge in [0.15, 0.2) is 5.82 Å². The van der Waals surface area contributed by atoms with Crippen LogP contribution in [-0.4, -0.2) is 4.92 Å². The van der Waals surface area contributed by atoms with Gasteiger partial charge in [-0.15, -0.1) is 0 Å². The van der Waals surface area contributed by atoms with E-state index in [2.05, 4.69) is 5.32 Å². The number of para-hydroxylation sites is 1. The number of nitro groups is 1. The smallest absolute Gasteiger partial charge is 0.295 e. The summed E-state index contributed by atoms with van der Waals surface area (Å²) in [5, 5.41) is 13.5. The van der Waals surface area contributed by atoms with E-state index in [-0.39, 0.29) is 22.8 Å². The maximum absolute atomic E-state index is 13.6. The lowest BCUT2D eigenvalue weighted by atomic mass is 10.2. The third-order valence-corrected chi connectivity index (χ3v) is 3.05. The molecule has 2 rings (SSSR count). The average Bonchev–Trinajstić information content (AvgIpc) is 2.39. The molecular weight excluding hydrogens is 290 g/mol. The van der Waals surface area contributed by atoms with Gasteiger partial charge in [0.05, 0.1) is 4.92 Å². The van der Waals surface area contributed by atoms with Gasteiger partial charge in [0.2, 0.25) is 0 Å². The summed E-state index contributed by atoms with van der Waals surface area (Å²) in [4.78, 5) is 10.1. The number of anilines is 1. The Morgan fingerprint density at radius 2 is 1.80 bits per heavy atom. The zero-order chi connectivity index (χ0) is 14.7. The summed E-state index contributed by atoms with van der Waals surface area (Å²) in [5.74, 6) is -1.35. The first-order chi connectivity index (χ1) is 9.50. The molecule has 0 spiro atoms. The summed E-state index contributed by atoms with van der Waals surface area (Å²) in [5.41, 5.74) is -0.596. The average molecular weight is 299 g/mol.